The topological polar surface area (TPSA) is 103 Å². The van der Waals surface area contributed by atoms with E-state index in [9.17, 15) is 22.4 Å². The van der Waals surface area contributed by atoms with Crippen LogP contribution < -0.4 is 5.32 Å². The Labute approximate surface area is 177 Å². The highest BCUT2D eigenvalue weighted by Gasteiger charge is 2.42. The molecule has 0 saturated heterocycles. The number of carbonyl (C=O) groups is 1. The van der Waals surface area contributed by atoms with Crippen molar-refractivity contribution in [3.63, 3.8) is 0 Å². The molecule has 0 unspecified atom stereocenters. The number of nitrogens with one attached hydrogen (secondary N) is 1. The second-order valence-electron chi connectivity index (χ2n) is 6.77. The van der Waals surface area contributed by atoms with Crippen LogP contribution in [0.4, 0.5) is 23.2 Å². The van der Waals surface area contributed by atoms with Crippen LogP contribution in [0.25, 0.3) is 11.4 Å². The number of tetrazole rings is 1. The molecule has 0 spiro atoms. The summed E-state index contributed by atoms with van der Waals surface area (Å²) in [5.74, 6) is -1.26. The normalized spacial score (nSPS) is 11.6. The maximum absolute atomic E-state index is 13.8. The number of alkyl halides is 3. The number of rotatable bonds is 4. The van der Waals surface area contributed by atoms with Crippen LogP contribution in [0.3, 0.4) is 0 Å². The molecular formula is C19H14F4N8O. The van der Waals surface area contributed by atoms with Gasteiger partial charge in [-0.05, 0) is 66.2 Å². The third-order valence-corrected chi connectivity index (χ3v) is 4.55. The largest absolute Gasteiger partial charge is 0.435 e. The van der Waals surface area contributed by atoms with E-state index >= 15 is 0 Å². The second kappa shape index (κ2) is 7.83. The summed E-state index contributed by atoms with van der Waals surface area (Å²) < 4.78 is 56.3. The predicted octanol–water partition coefficient (Wildman–Crippen LogP) is 3.27. The minimum absolute atomic E-state index is 0.0999. The molecule has 0 aliphatic heterocycles. The van der Waals surface area contributed by atoms with E-state index in [-0.39, 0.29) is 11.4 Å². The van der Waals surface area contributed by atoms with Gasteiger partial charge in [0.25, 0.3) is 5.91 Å². The van der Waals surface area contributed by atoms with Crippen molar-refractivity contribution in [3.05, 3.63) is 71.1 Å². The summed E-state index contributed by atoms with van der Waals surface area (Å²) >= 11 is 0. The minimum Gasteiger partial charge on any atom is -0.320 e. The third-order valence-electron chi connectivity index (χ3n) is 4.55. The molecule has 2 heterocycles. The fraction of sp³-hybridized carbons (Fsp3) is 0.158. The molecule has 2 aromatic heterocycles. The fourth-order valence-electron chi connectivity index (χ4n) is 3.01. The van der Waals surface area contributed by atoms with E-state index in [2.05, 4.69) is 31.2 Å². The SMILES string of the molecule is Cc1ccc(NC(=O)c2nnn(-c3ccc(F)cc3)c2C(F)(F)F)cc1-n1nnnc1C. The van der Waals surface area contributed by atoms with E-state index in [4.69, 9.17) is 0 Å². The number of hydrogen-bond donors (Lipinski definition) is 1. The van der Waals surface area contributed by atoms with Crippen LogP contribution in [-0.4, -0.2) is 41.1 Å². The van der Waals surface area contributed by atoms with Gasteiger partial charge in [-0.25, -0.2) is 9.07 Å². The molecule has 0 bridgehead atoms. The van der Waals surface area contributed by atoms with Gasteiger partial charge in [-0.15, -0.1) is 10.2 Å². The maximum atomic E-state index is 13.8. The zero-order chi connectivity index (χ0) is 23.0. The van der Waals surface area contributed by atoms with E-state index in [0.29, 0.717) is 16.2 Å². The summed E-state index contributed by atoms with van der Waals surface area (Å²) in [6, 6.07) is 8.86. The van der Waals surface area contributed by atoms with E-state index in [1.165, 1.54) is 16.8 Å². The van der Waals surface area contributed by atoms with E-state index in [1.54, 1.807) is 19.9 Å². The van der Waals surface area contributed by atoms with Crippen LogP contribution in [0.1, 0.15) is 27.6 Å². The molecule has 4 rings (SSSR count). The lowest BCUT2D eigenvalue weighted by Crippen LogP contribution is -2.21. The number of nitrogens with zero attached hydrogens (tertiary/aromatic N) is 7. The number of carbonyl (C=O) groups excluding carboxylic acids is 1. The molecule has 2 aromatic carbocycles. The van der Waals surface area contributed by atoms with Crippen LogP contribution in [0, 0.1) is 19.7 Å². The maximum Gasteiger partial charge on any atom is 0.435 e. The van der Waals surface area contributed by atoms with Crippen molar-refractivity contribution in [2.24, 2.45) is 0 Å². The Bertz CT molecular complexity index is 1290. The van der Waals surface area contributed by atoms with E-state index in [1.807, 2.05) is 0 Å². The van der Waals surface area contributed by atoms with Gasteiger partial charge in [0.05, 0.1) is 11.4 Å². The monoisotopic (exact) mass is 446 g/mol. The van der Waals surface area contributed by atoms with Crippen molar-refractivity contribution >= 4 is 11.6 Å². The number of halogens is 4. The number of amides is 1. The lowest BCUT2D eigenvalue weighted by atomic mass is 10.1. The summed E-state index contributed by atoms with van der Waals surface area (Å²) in [5.41, 5.74) is -0.896. The van der Waals surface area contributed by atoms with E-state index < -0.39 is 29.3 Å². The Kier molecular flexibility index (Phi) is 5.16. The van der Waals surface area contributed by atoms with Crippen LogP contribution >= 0.6 is 0 Å². The fourth-order valence-corrected chi connectivity index (χ4v) is 3.01. The van der Waals surface area contributed by atoms with Crippen molar-refractivity contribution in [1.82, 2.24) is 35.2 Å². The average molecular weight is 446 g/mol. The number of hydrogen-bond acceptors (Lipinski definition) is 6. The van der Waals surface area contributed by atoms with Gasteiger partial charge in [0.15, 0.2) is 17.2 Å². The molecule has 0 atom stereocenters. The molecule has 1 amide bonds. The standard InChI is InChI=1S/C19H14F4N8O/c1-10-3-6-13(9-15(10)30-11(2)25-27-29-30)24-18(32)16-17(19(21,22)23)31(28-26-16)14-7-4-12(20)5-8-14/h3-9H,1-2H3,(H,24,32). The zero-order valence-corrected chi connectivity index (χ0v) is 16.6. The summed E-state index contributed by atoms with van der Waals surface area (Å²) in [6.07, 6.45) is -4.95. The van der Waals surface area contributed by atoms with Gasteiger partial charge in [-0.3, -0.25) is 4.79 Å². The lowest BCUT2D eigenvalue weighted by molar-refractivity contribution is -0.143. The molecule has 0 aliphatic carbocycles. The first kappa shape index (κ1) is 21.1. The van der Waals surface area contributed by atoms with Gasteiger partial charge in [-0.1, -0.05) is 11.3 Å². The Balaban J connectivity index is 1.70. The Hall–Kier alpha value is -4.16. The molecule has 0 fully saturated rings. The van der Waals surface area contributed by atoms with E-state index in [0.717, 1.165) is 29.8 Å². The van der Waals surface area contributed by atoms with Crippen molar-refractivity contribution in [2.45, 2.75) is 20.0 Å². The second-order valence-corrected chi connectivity index (χ2v) is 6.77. The van der Waals surface area contributed by atoms with Crippen molar-refractivity contribution in [2.75, 3.05) is 5.32 Å². The average Bonchev–Trinajstić information content (AvgIpc) is 3.36. The van der Waals surface area contributed by atoms with Gasteiger partial charge in [-0.2, -0.15) is 17.9 Å². The van der Waals surface area contributed by atoms with Crippen molar-refractivity contribution < 1.29 is 22.4 Å². The van der Waals surface area contributed by atoms with Crippen LogP contribution in [0.15, 0.2) is 42.5 Å². The molecule has 9 nitrogen and oxygen atoms in total. The van der Waals surface area contributed by atoms with Gasteiger partial charge < -0.3 is 5.32 Å². The Morgan fingerprint density at radius 2 is 1.69 bits per heavy atom. The molecule has 4 aromatic rings. The van der Waals surface area contributed by atoms with Crippen molar-refractivity contribution in [3.8, 4) is 11.4 Å². The Morgan fingerprint density at radius 3 is 2.31 bits per heavy atom. The third kappa shape index (κ3) is 3.91. The van der Waals surface area contributed by atoms with Crippen LogP contribution in [0.2, 0.25) is 0 Å². The summed E-state index contributed by atoms with van der Waals surface area (Å²) in [5, 5.41) is 20.5. The molecule has 0 saturated carbocycles. The smallest absolute Gasteiger partial charge is 0.320 e. The first-order valence-electron chi connectivity index (χ1n) is 9.11. The number of aryl methyl sites for hydroxylation is 2. The highest BCUT2D eigenvalue weighted by molar-refractivity contribution is 6.04. The molecular weight excluding hydrogens is 432 g/mol. The van der Waals surface area contributed by atoms with Gasteiger partial charge in [0.2, 0.25) is 0 Å². The first-order valence-corrected chi connectivity index (χ1v) is 9.11. The summed E-state index contributed by atoms with van der Waals surface area (Å²) in [4.78, 5) is 12.7. The molecule has 164 valence electrons. The molecule has 32 heavy (non-hydrogen) atoms. The summed E-state index contributed by atoms with van der Waals surface area (Å²) in [7, 11) is 0. The first-order chi connectivity index (χ1) is 15.1. The molecule has 0 aliphatic rings. The number of aromatic nitrogens is 7. The molecule has 1 N–H and O–H groups in total. The highest BCUT2D eigenvalue weighted by Crippen LogP contribution is 2.33. The zero-order valence-electron chi connectivity index (χ0n) is 16.6. The predicted molar refractivity (Wildman–Crippen MR) is 103 cm³/mol. The summed E-state index contributed by atoms with van der Waals surface area (Å²) in [6.45, 7) is 3.46. The quantitative estimate of drug-likeness (QED) is 0.483. The van der Waals surface area contributed by atoms with Crippen molar-refractivity contribution in [1.29, 1.82) is 0 Å². The minimum atomic E-state index is -4.95. The Morgan fingerprint density at radius 1 is 0.969 bits per heavy atom. The number of benzene rings is 2. The van der Waals surface area contributed by atoms with Crippen LogP contribution in [0.5, 0.6) is 0 Å². The molecule has 13 heteroatoms. The molecule has 0 radical (unpaired) electrons. The van der Waals surface area contributed by atoms with Crippen LogP contribution in [-0.2, 0) is 6.18 Å². The highest BCUT2D eigenvalue weighted by atomic mass is 19.4. The lowest BCUT2D eigenvalue weighted by Gasteiger charge is -2.12. The number of anilines is 1. The van der Waals surface area contributed by atoms with Gasteiger partial charge in [0.1, 0.15) is 5.82 Å². The van der Waals surface area contributed by atoms with Gasteiger partial charge >= 0.3 is 6.18 Å². The van der Waals surface area contributed by atoms with Gasteiger partial charge in [0, 0.05) is 5.69 Å².